The number of para-hydroxylation sites is 1. The molecule has 2 fully saturated rings. The smallest absolute Gasteiger partial charge is 0.290 e. The van der Waals surface area contributed by atoms with E-state index < -0.39 is 0 Å². The molecule has 0 aliphatic carbocycles. The highest BCUT2D eigenvalue weighted by Gasteiger charge is 2.44. The van der Waals surface area contributed by atoms with Crippen LogP contribution in [-0.2, 0) is 0 Å². The molecule has 1 aromatic carbocycles. The van der Waals surface area contributed by atoms with Gasteiger partial charge in [-0.25, -0.2) is 0 Å². The summed E-state index contributed by atoms with van der Waals surface area (Å²) in [5.41, 5.74) is 0.744. The van der Waals surface area contributed by atoms with E-state index in [0.29, 0.717) is 17.7 Å². The van der Waals surface area contributed by atoms with Gasteiger partial charge in [0.2, 0.25) is 0 Å². The van der Waals surface area contributed by atoms with Crippen molar-refractivity contribution in [3.8, 4) is 0 Å². The molecule has 0 saturated carbocycles. The zero-order valence-electron chi connectivity index (χ0n) is 11.8. The minimum atomic E-state index is 0.0156. The fraction of sp³-hybridized carbons (Fsp3) is 0.438. The molecule has 1 aromatic heterocycles. The van der Waals surface area contributed by atoms with E-state index >= 15 is 0 Å². The number of nitrogens with one attached hydrogen (secondary N) is 1. The van der Waals surface area contributed by atoms with Crippen LogP contribution in [0.15, 0.2) is 33.2 Å². The number of benzene rings is 1. The molecule has 1 N–H and O–H groups in total. The molecule has 4 nitrogen and oxygen atoms in total. The third-order valence-electron chi connectivity index (χ3n) is 4.72. The summed E-state index contributed by atoms with van der Waals surface area (Å²) < 4.78 is 6.69. The maximum atomic E-state index is 12.9. The second kappa shape index (κ2) is 4.85. The van der Waals surface area contributed by atoms with Gasteiger partial charge in [-0.15, -0.1) is 0 Å². The molecule has 3 heterocycles. The number of fused-ring (bicyclic) bond motifs is 2. The number of carbonyl (C=O) groups is 1. The van der Waals surface area contributed by atoms with Crippen molar-refractivity contribution >= 4 is 32.8 Å². The van der Waals surface area contributed by atoms with Crippen molar-refractivity contribution in [3.63, 3.8) is 0 Å². The molecule has 2 aliphatic rings. The summed E-state index contributed by atoms with van der Waals surface area (Å²) in [6.45, 7) is 4.05. The van der Waals surface area contributed by atoms with Crippen molar-refractivity contribution in [1.29, 1.82) is 0 Å². The van der Waals surface area contributed by atoms with Gasteiger partial charge in [0.1, 0.15) is 5.58 Å². The second-order valence-electron chi connectivity index (χ2n) is 6.05. The molecule has 0 radical (unpaired) electrons. The summed E-state index contributed by atoms with van der Waals surface area (Å²) in [5.74, 6) is 1.04. The molecule has 2 saturated heterocycles. The first-order valence-electron chi connectivity index (χ1n) is 7.36. The van der Waals surface area contributed by atoms with E-state index in [1.807, 2.05) is 29.2 Å². The van der Waals surface area contributed by atoms with Crippen LogP contribution in [0.5, 0.6) is 0 Å². The second-order valence-corrected chi connectivity index (χ2v) is 6.91. The standard InChI is InChI=1S/C16H17BrN2O2/c1-9-5-11-7-18-8-13(11)19(9)16(20)14-6-10-3-2-4-12(17)15(10)21-14/h2-4,6,9,11,13,18H,5,7-8H2,1H3. The highest BCUT2D eigenvalue weighted by Crippen LogP contribution is 2.35. The van der Waals surface area contributed by atoms with E-state index in [1.54, 1.807) is 0 Å². The summed E-state index contributed by atoms with van der Waals surface area (Å²) in [4.78, 5) is 14.9. The lowest BCUT2D eigenvalue weighted by atomic mass is 10.0. The van der Waals surface area contributed by atoms with Crippen LogP contribution < -0.4 is 5.32 Å². The van der Waals surface area contributed by atoms with Crippen LogP contribution in [0.4, 0.5) is 0 Å². The Bertz CT molecular complexity index is 711. The number of hydrogen-bond acceptors (Lipinski definition) is 3. The molecule has 0 spiro atoms. The van der Waals surface area contributed by atoms with Crippen molar-refractivity contribution in [3.05, 3.63) is 34.5 Å². The Morgan fingerprint density at radius 3 is 3.10 bits per heavy atom. The molecular weight excluding hydrogens is 332 g/mol. The Hall–Kier alpha value is -1.33. The molecule has 2 aliphatic heterocycles. The summed E-state index contributed by atoms with van der Waals surface area (Å²) >= 11 is 3.47. The van der Waals surface area contributed by atoms with Gasteiger partial charge in [0.25, 0.3) is 5.91 Å². The molecule has 110 valence electrons. The normalized spacial score (nSPS) is 28.3. The van der Waals surface area contributed by atoms with E-state index in [0.717, 1.165) is 35.0 Å². The number of nitrogens with zero attached hydrogens (tertiary/aromatic N) is 1. The van der Waals surface area contributed by atoms with Crippen molar-refractivity contribution in [2.45, 2.75) is 25.4 Å². The van der Waals surface area contributed by atoms with Crippen molar-refractivity contribution in [2.24, 2.45) is 5.92 Å². The van der Waals surface area contributed by atoms with Gasteiger partial charge in [-0.2, -0.15) is 0 Å². The lowest BCUT2D eigenvalue weighted by molar-refractivity contribution is 0.0651. The summed E-state index contributed by atoms with van der Waals surface area (Å²) in [7, 11) is 0. The molecule has 1 amide bonds. The average Bonchev–Trinajstić information content (AvgIpc) is 3.11. The van der Waals surface area contributed by atoms with Crippen LogP contribution in [0.1, 0.15) is 23.9 Å². The van der Waals surface area contributed by atoms with E-state index in [-0.39, 0.29) is 11.9 Å². The summed E-state index contributed by atoms with van der Waals surface area (Å²) in [6, 6.07) is 8.29. The minimum Gasteiger partial charge on any atom is -0.450 e. The molecular formula is C16H17BrN2O2. The Kier molecular flexibility index (Phi) is 3.08. The van der Waals surface area contributed by atoms with Gasteiger partial charge in [-0.1, -0.05) is 12.1 Å². The third-order valence-corrected chi connectivity index (χ3v) is 5.35. The number of furan rings is 1. The quantitative estimate of drug-likeness (QED) is 0.861. The highest BCUT2D eigenvalue weighted by atomic mass is 79.9. The van der Waals surface area contributed by atoms with Gasteiger partial charge in [0.15, 0.2) is 5.76 Å². The molecule has 2 aromatic rings. The first-order valence-corrected chi connectivity index (χ1v) is 8.16. The highest BCUT2D eigenvalue weighted by molar-refractivity contribution is 9.10. The SMILES string of the molecule is CC1CC2CNCC2N1C(=O)c1cc2cccc(Br)c2o1. The van der Waals surface area contributed by atoms with Crippen molar-refractivity contribution in [1.82, 2.24) is 10.2 Å². The van der Waals surface area contributed by atoms with Gasteiger partial charge in [0, 0.05) is 30.6 Å². The number of amides is 1. The van der Waals surface area contributed by atoms with Gasteiger partial charge in [0.05, 0.1) is 4.47 Å². The van der Waals surface area contributed by atoms with E-state index in [4.69, 9.17) is 4.42 Å². The summed E-state index contributed by atoms with van der Waals surface area (Å²) in [6.07, 6.45) is 1.08. The molecule has 3 atom stereocenters. The fourth-order valence-corrected chi connectivity index (χ4v) is 4.24. The van der Waals surface area contributed by atoms with E-state index in [1.165, 1.54) is 0 Å². The number of carbonyl (C=O) groups excluding carboxylic acids is 1. The van der Waals surface area contributed by atoms with Crippen LogP contribution in [0.3, 0.4) is 0 Å². The predicted octanol–water partition coefficient (Wildman–Crippen LogP) is 3.02. The van der Waals surface area contributed by atoms with Gasteiger partial charge >= 0.3 is 0 Å². The van der Waals surface area contributed by atoms with Gasteiger partial charge < -0.3 is 14.6 Å². The fourth-order valence-electron chi connectivity index (χ4n) is 3.77. The van der Waals surface area contributed by atoms with Crippen LogP contribution in [0.25, 0.3) is 11.0 Å². The Balaban J connectivity index is 1.71. The monoisotopic (exact) mass is 348 g/mol. The summed E-state index contributed by atoms with van der Waals surface area (Å²) in [5, 5.41) is 4.34. The third kappa shape index (κ3) is 2.02. The van der Waals surface area contributed by atoms with E-state index in [2.05, 4.69) is 28.2 Å². The predicted molar refractivity (Wildman–Crippen MR) is 84.3 cm³/mol. The van der Waals surface area contributed by atoms with E-state index in [9.17, 15) is 4.79 Å². The average molecular weight is 349 g/mol. The number of rotatable bonds is 1. The zero-order valence-corrected chi connectivity index (χ0v) is 13.4. The number of hydrogen-bond donors (Lipinski definition) is 1. The first-order chi connectivity index (χ1) is 10.1. The Morgan fingerprint density at radius 2 is 2.29 bits per heavy atom. The Labute approximate surface area is 131 Å². The molecule has 21 heavy (non-hydrogen) atoms. The molecule has 3 unspecified atom stereocenters. The zero-order chi connectivity index (χ0) is 14.6. The van der Waals surface area contributed by atoms with Crippen LogP contribution >= 0.6 is 15.9 Å². The van der Waals surface area contributed by atoms with Crippen LogP contribution in [0.2, 0.25) is 0 Å². The van der Waals surface area contributed by atoms with Crippen LogP contribution in [-0.4, -0.2) is 36.0 Å². The van der Waals surface area contributed by atoms with Gasteiger partial charge in [-0.3, -0.25) is 4.79 Å². The number of likely N-dealkylation sites (tertiary alicyclic amines) is 1. The first kappa shape index (κ1) is 13.3. The lowest BCUT2D eigenvalue weighted by Crippen LogP contribution is -2.42. The lowest BCUT2D eigenvalue weighted by Gasteiger charge is -2.26. The van der Waals surface area contributed by atoms with Crippen molar-refractivity contribution in [2.75, 3.05) is 13.1 Å². The largest absolute Gasteiger partial charge is 0.450 e. The maximum absolute atomic E-state index is 12.9. The molecule has 0 bridgehead atoms. The molecule has 5 heteroatoms. The number of halogens is 1. The topological polar surface area (TPSA) is 45.5 Å². The van der Waals surface area contributed by atoms with Crippen molar-refractivity contribution < 1.29 is 9.21 Å². The molecule has 4 rings (SSSR count). The minimum absolute atomic E-state index is 0.0156. The maximum Gasteiger partial charge on any atom is 0.290 e. The Morgan fingerprint density at radius 1 is 1.43 bits per heavy atom. The van der Waals surface area contributed by atoms with Gasteiger partial charge in [-0.05, 0) is 47.3 Å². The van der Waals surface area contributed by atoms with Crippen LogP contribution in [0, 0.1) is 5.92 Å².